The Morgan fingerprint density at radius 3 is 2.53 bits per heavy atom. The Morgan fingerprint density at radius 2 is 2.18 bits per heavy atom. The van der Waals surface area contributed by atoms with Crippen molar-refractivity contribution in [2.24, 2.45) is 0 Å². The Bertz CT molecular complexity index is 522. The van der Waals surface area contributed by atoms with Crippen molar-refractivity contribution < 1.29 is 9.91 Å². The fraction of sp³-hybridized carbons (Fsp3) is 0. The van der Waals surface area contributed by atoms with Gasteiger partial charge in [0, 0.05) is 0 Å². The Balaban J connectivity index is 0.000000171. The fourth-order valence-corrected chi connectivity index (χ4v) is 0.663. The summed E-state index contributed by atoms with van der Waals surface area (Å²) >= 11 is 0. The lowest BCUT2D eigenvalue weighted by Crippen LogP contribution is -2.34. The molecular formula is C4H6N10O3. The van der Waals surface area contributed by atoms with Crippen LogP contribution >= 0.6 is 0 Å². The number of nitrogens with two attached hydrogens (primary N) is 2. The van der Waals surface area contributed by atoms with Crippen LogP contribution < -0.4 is 27.2 Å². The van der Waals surface area contributed by atoms with Gasteiger partial charge in [0.2, 0.25) is 0 Å². The van der Waals surface area contributed by atoms with Crippen molar-refractivity contribution in [1.82, 2.24) is 30.6 Å². The number of hydrogen-bond acceptors (Lipinski definition) is 9. The second kappa shape index (κ2) is 5.10. The van der Waals surface area contributed by atoms with Gasteiger partial charge in [-0.2, -0.15) is 4.92 Å². The standard InChI is InChI=1S/C3H5N5O.CN5O2/c4-1-6-2(5)8-3(9)7-1;7-6(8)1-2-4-5-3-1/h(H5,4,5,6,7,8,9);/q;-1/p+1. The molecule has 0 radical (unpaired) electrons. The first kappa shape index (κ1) is 12.0. The predicted octanol–water partition coefficient (Wildman–Crippen LogP) is -3.51. The molecule has 13 heteroatoms. The first-order chi connectivity index (χ1) is 7.99. The summed E-state index contributed by atoms with van der Waals surface area (Å²) in [6.45, 7) is 0. The molecule has 0 spiro atoms. The molecule has 0 saturated heterocycles. The maximum Gasteiger partial charge on any atom is 0.415 e. The largest absolute Gasteiger partial charge is 0.458 e. The molecular weight excluding hydrogens is 236 g/mol. The van der Waals surface area contributed by atoms with Gasteiger partial charge in [-0.3, -0.25) is 0 Å². The minimum atomic E-state index is -0.764. The van der Waals surface area contributed by atoms with E-state index in [0.29, 0.717) is 0 Å². The van der Waals surface area contributed by atoms with Crippen molar-refractivity contribution in [3.63, 3.8) is 0 Å². The zero-order chi connectivity index (χ0) is 12.8. The van der Waals surface area contributed by atoms with Crippen LogP contribution in [0.25, 0.3) is 0 Å². The lowest BCUT2D eigenvalue weighted by Gasteiger charge is -1.92. The van der Waals surface area contributed by atoms with E-state index >= 15 is 0 Å². The summed E-state index contributed by atoms with van der Waals surface area (Å²) in [5, 5.41) is 21.3. The highest BCUT2D eigenvalue weighted by molar-refractivity contribution is 5.17. The smallest absolute Gasteiger partial charge is 0.415 e. The molecule has 0 fully saturated rings. The van der Waals surface area contributed by atoms with Gasteiger partial charge >= 0.3 is 17.6 Å². The maximum absolute atomic E-state index is 10.4. The van der Waals surface area contributed by atoms with Crippen LogP contribution in [0.5, 0.6) is 0 Å². The minimum absolute atomic E-state index is 0.0104. The Hall–Kier alpha value is -3.12. The number of aromatic amines is 2. The number of tetrazole rings is 1. The number of aromatic nitrogens is 7. The summed E-state index contributed by atoms with van der Waals surface area (Å²) in [6.07, 6.45) is 0. The van der Waals surface area contributed by atoms with Crippen LogP contribution in [0.15, 0.2) is 4.79 Å². The maximum atomic E-state index is 10.4. The molecule has 0 aliphatic heterocycles. The molecule has 0 atom stereocenters. The van der Waals surface area contributed by atoms with Crippen molar-refractivity contribution in [3.8, 4) is 0 Å². The number of rotatable bonds is 1. The molecule has 2 aromatic heterocycles. The number of hydrogen-bond donors (Lipinski definition) is 3. The van der Waals surface area contributed by atoms with Crippen LogP contribution in [0.3, 0.4) is 0 Å². The van der Waals surface area contributed by atoms with Gasteiger partial charge in [-0.05, 0) is 10.4 Å². The molecule has 2 aromatic rings. The van der Waals surface area contributed by atoms with E-state index in [1.807, 2.05) is 0 Å². The molecule has 0 unspecified atom stereocenters. The van der Waals surface area contributed by atoms with E-state index in [1.54, 1.807) is 0 Å². The van der Waals surface area contributed by atoms with Gasteiger partial charge in [-0.15, -0.1) is 0 Å². The molecule has 0 bridgehead atoms. The van der Waals surface area contributed by atoms with Crippen LogP contribution in [0.4, 0.5) is 17.8 Å². The van der Waals surface area contributed by atoms with Gasteiger partial charge in [-0.25, -0.2) is 14.8 Å². The highest BCUT2D eigenvalue weighted by Crippen LogP contribution is 1.90. The average molecular weight is 242 g/mol. The average Bonchev–Trinajstić information content (AvgIpc) is 2.68. The Morgan fingerprint density at radius 1 is 1.47 bits per heavy atom. The molecule has 0 aliphatic rings. The van der Waals surface area contributed by atoms with Crippen molar-refractivity contribution >= 4 is 17.8 Å². The highest BCUT2D eigenvalue weighted by Gasteiger charge is 1.98. The quantitative estimate of drug-likeness (QED) is 0.331. The third-order valence-corrected chi connectivity index (χ3v) is 1.20. The van der Waals surface area contributed by atoms with Gasteiger partial charge in [0.05, 0.1) is 0 Å². The van der Waals surface area contributed by atoms with Crippen molar-refractivity contribution in [2.45, 2.75) is 0 Å². The molecule has 17 heavy (non-hydrogen) atoms. The van der Waals surface area contributed by atoms with E-state index in [0.717, 1.165) is 0 Å². The number of nitro groups is 1. The third-order valence-electron chi connectivity index (χ3n) is 1.20. The number of anilines is 2. The minimum Gasteiger partial charge on any atom is -0.458 e. The first-order valence-corrected chi connectivity index (χ1v) is 3.86. The van der Waals surface area contributed by atoms with E-state index in [2.05, 4.69) is 35.6 Å². The summed E-state index contributed by atoms with van der Waals surface area (Å²) in [7, 11) is 0. The second-order valence-electron chi connectivity index (χ2n) is 2.40. The summed E-state index contributed by atoms with van der Waals surface area (Å²) in [5.41, 5.74) is 9.73. The summed E-state index contributed by atoms with van der Waals surface area (Å²) < 4.78 is 0. The van der Waals surface area contributed by atoms with Gasteiger partial charge < -0.3 is 21.6 Å². The lowest BCUT2D eigenvalue weighted by atomic mass is 10.9. The molecule has 0 aliphatic carbocycles. The first-order valence-electron chi connectivity index (χ1n) is 3.86. The van der Waals surface area contributed by atoms with Crippen molar-refractivity contribution in [1.29, 1.82) is 0 Å². The predicted molar refractivity (Wildman–Crippen MR) is 50.0 cm³/mol. The van der Waals surface area contributed by atoms with Crippen molar-refractivity contribution in [3.05, 3.63) is 20.6 Å². The molecule has 0 aromatic carbocycles. The van der Waals surface area contributed by atoms with Crippen LogP contribution in [0, 0.1) is 10.1 Å². The molecule has 13 nitrogen and oxygen atoms in total. The van der Waals surface area contributed by atoms with E-state index in [9.17, 15) is 14.9 Å². The Kier molecular flexibility index (Phi) is 3.59. The zero-order valence-corrected chi connectivity index (χ0v) is 8.06. The van der Waals surface area contributed by atoms with Crippen LogP contribution in [-0.2, 0) is 0 Å². The summed E-state index contributed by atoms with van der Waals surface area (Å²) in [4.78, 5) is 27.2. The number of nitrogen functional groups attached to an aromatic ring is 2. The monoisotopic (exact) mass is 242 g/mol. The van der Waals surface area contributed by atoms with E-state index in [-0.39, 0.29) is 11.9 Å². The normalized spacial score (nSPS) is 9.18. The molecule has 2 heterocycles. The van der Waals surface area contributed by atoms with E-state index < -0.39 is 16.6 Å². The summed E-state index contributed by atoms with van der Waals surface area (Å²) in [6, 6.07) is 0. The molecule has 90 valence electrons. The van der Waals surface area contributed by atoms with Gasteiger partial charge in [0.15, 0.2) is 0 Å². The molecule has 0 amide bonds. The van der Waals surface area contributed by atoms with Crippen LogP contribution in [0.2, 0.25) is 0 Å². The van der Waals surface area contributed by atoms with E-state index in [1.165, 1.54) is 0 Å². The highest BCUT2D eigenvalue weighted by atomic mass is 16.6. The fourth-order valence-electron chi connectivity index (χ4n) is 0.663. The van der Waals surface area contributed by atoms with Gasteiger partial charge in [0.1, 0.15) is 0 Å². The molecule has 2 rings (SSSR count). The molecule has 6 N–H and O–H groups in total. The van der Waals surface area contributed by atoms with E-state index in [4.69, 9.17) is 11.5 Å². The lowest BCUT2D eigenvalue weighted by molar-refractivity contribution is -0.394. The Labute approximate surface area is 91.4 Å². The zero-order valence-electron chi connectivity index (χ0n) is 8.06. The second-order valence-corrected chi connectivity index (χ2v) is 2.40. The number of H-pyrrole nitrogens is 2. The SMILES string of the molecule is Nc1nc(N)[nH+]c(=O)[nH]1.O=[N+]([O-])c1nnn[n-]1. The van der Waals surface area contributed by atoms with Crippen LogP contribution in [0.1, 0.15) is 0 Å². The van der Waals surface area contributed by atoms with Crippen molar-refractivity contribution in [2.75, 3.05) is 11.5 Å². The summed E-state index contributed by atoms with van der Waals surface area (Å²) in [5.74, 6) is -0.544. The van der Waals surface area contributed by atoms with Gasteiger partial charge in [-0.1, -0.05) is 15.2 Å². The number of nitrogens with zero attached hydrogens (tertiary/aromatic N) is 6. The van der Waals surface area contributed by atoms with Crippen LogP contribution in [-0.4, -0.2) is 30.4 Å². The third kappa shape index (κ3) is 3.86. The van der Waals surface area contributed by atoms with Gasteiger partial charge in [0.25, 0.3) is 5.95 Å². The molecule has 0 saturated carbocycles. The number of nitrogens with one attached hydrogen (secondary N) is 2. The topological polar surface area (TPSA) is 208 Å².